The van der Waals surface area contributed by atoms with Gasteiger partial charge in [-0.15, -0.1) is 11.3 Å². The molecule has 5 heteroatoms. The van der Waals surface area contributed by atoms with Crippen molar-refractivity contribution in [2.45, 2.75) is 63.8 Å². The highest BCUT2D eigenvalue weighted by Gasteiger charge is 2.27. The van der Waals surface area contributed by atoms with E-state index in [9.17, 15) is 4.79 Å². The third-order valence-corrected chi connectivity index (χ3v) is 6.74. The number of nitrogens with zero attached hydrogens (tertiary/aromatic N) is 3. The lowest BCUT2D eigenvalue weighted by molar-refractivity contribution is -0.133. The molecule has 1 aromatic heterocycles. The Morgan fingerprint density at radius 2 is 1.88 bits per heavy atom. The summed E-state index contributed by atoms with van der Waals surface area (Å²) in [6.45, 7) is 4.73. The highest BCUT2D eigenvalue weighted by atomic mass is 32.1. The molecule has 0 unspecified atom stereocenters. The van der Waals surface area contributed by atoms with E-state index < -0.39 is 0 Å². The molecule has 132 valence electrons. The average molecular weight is 348 g/mol. The second kappa shape index (κ2) is 7.52. The zero-order valence-electron chi connectivity index (χ0n) is 14.6. The smallest absolute Gasteiger partial charge is 0.222 e. The molecule has 0 spiro atoms. The molecule has 2 aliphatic carbocycles. The summed E-state index contributed by atoms with van der Waals surface area (Å²) in [6, 6.07) is 0. The SMILES string of the molecule is O=C(CCC1CCCC1)N1CCN(Cc2nc(C3CC3)cs2)CC1. The molecule has 1 aromatic rings. The first-order valence-electron chi connectivity index (χ1n) is 9.72. The lowest BCUT2D eigenvalue weighted by atomic mass is 10.0. The Morgan fingerprint density at radius 1 is 1.12 bits per heavy atom. The largest absolute Gasteiger partial charge is 0.340 e. The first-order valence-corrected chi connectivity index (χ1v) is 10.6. The molecule has 3 fully saturated rings. The van der Waals surface area contributed by atoms with Gasteiger partial charge in [0.05, 0.1) is 12.2 Å². The fourth-order valence-corrected chi connectivity index (χ4v) is 5.01. The van der Waals surface area contributed by atoms with Gasteiger partial charge in [-0.05, 0) is 25.2 Å². The standard InChI is InChI=1S/C19H29N3OS/c23-19(8-5-15-3-1-2-4-15)22-11-9-21(10-12-22)13-18-20-17(14-24-18)16-6-7-16/h14-16H,1-13H2. The van der Waals surface area contributed by atoms with Gasteiger partial charge in [0, 0.05) is 43.9 Å². The summed E-state index contributed by atoms with van der Waals surface area (Å²) in [5.74, 6) is 1.96. The van der Waals surface area contributed by atoms with Gasteiger partial charge in [-0.2, -0.15) is 0 Å². The summed E-state index contributed by atoms with van der Waals surface area (Å²) in [6.07, 6.45) is 9.96. The van der Waals surface area contributed by atoms with Crippen molar-refractivity contribution in [3.63, 3.8) is 0 Å². The fraction of sp³-hybridized carbons (Fsp3) is 0.789. The molecule has 1 aliphatic heterocycles. The van der Waals surface area contributed by atoms with Gasteiger partial charge in [0.2, 0.25) is 5.91 Å². The van der Waals surface area contributed by atoms with Crippen LogP contribution in [0.3, 0.4) is 0 Å². The molecule has 2 saturated carbocycles. The van der Waals surface area contributed by atoms with Gasteiger partial charge in [0.15, 0.2) is 0 Å². The van der Waals surface area contributed by atoms with Gasteiger partial charge in [-0.3, -0.25) is 9.69 Å². The number of amides is 1. The zero-order valence-corrected chi connectivity index (χ0v) is 15.4. The monoisotopic (exact) mass is 347 g/mol. The summed E-state index contributed by atoms with van der Waals surface area (Å²) in [4.78, 5) is 21.7. The Kier molecular flexibility index (Phi) is 5.18. The molecular formula is C19H29N3OS. The van der Waals surface area contributed by atoms with Crippen LogP contribution in [-0.4, -0.2) is 46.9 Å². The van der Waals surface area contributed by atoms with Crippen molar-refractivity contribution in [2.24, 2.45) is 5.92 Å². The molecule has 1 amide bonds. The maximum Gasteiger partial charge on any atom is 0.222 e. The Morgan fingerprint density at radius 3 is 2.58 bits per heavy atom. The zero-order chi connectivity index (χ0) is 16.4. The second-order valence-electron chi connectivity index (χ2n) is 7.79. The number of thiazole rings is 1. The van der Waals surface area contributed by atoms with Crippen molar-refractivity contribution in [1.82, 2.24) is 14.8 Å². The summed E-state index contributed by atoms with van der Waals surface area (Å²) < 4.78 is 0. The molecule has 2 heterocycles. The summed E-state index contributed by atoms with van der Waals surface area (Å²) in [5.41, 5.74) is 1.32. The first kappa shape index (κ1) is 16.5. The molecule has 0 bridgehead atoms. The molecule has 4 nitrogen and oxygen atoms in total. The van der Waals surface area contributed by atoms with Crippen LogP contribution in [0.4, 0.5) is 0 Å². The van der Waals surface area contributed by atoms with Gasteiger partial charge in [-0.25, -0.2) is 4.98 Å². The van der Waals surface area contributed by atoms with E-state index in [0.717, 1.165) is 57.4 Å². The Bertz CT molecular complexity index is 555. The number of hydrogen-bond donors (Lipinski definition) is 0. The Balaban J connectivity index is 1.18. The van der Waals surface area contributed by atoms with E-state index in [1.165, 1.54) is 49.2 Å². The Labute approximate surface area is 149 Å². The van der Waals surface area contributed by atoms with Crippen LogP contribution in [0.25, 0.3) is 0 Å². The van der Waals surface area contributed by atoms with Crippen molar-refractivity contribution in [3.8, 4) is 0 Å². The van der Waals surface area contributed by atoms with E-state index >= 15 is 0 Å². The van der Waals surface area contributed by atoms with E-state index in [4.69, 9.17) is 4.98 Å². The van der Waals surface area contributed by atoms with E-state index in [1.807, 2.05) is 11.3 Å². The lowest BCUT2D eigenvalue weighted by Crippen LogP contribution is -2.48. The Hall–Kier alpha value is -0.940. The fourth-order valence-electron chi connectivity index (χ4n) is 4.10. The molecule has 0 atom stereocenters. The van der Waals surface area contributed by atoms with Gasteiger partial charge in [-0.1, -0.05) is 25.7 Å². The maximum atomic E-state index is 12.4. The predicted octanol–water partition coefficient (Wildman–Crippen LogP) is 3.64. The topological polar surface area (TPSA) is 36.4 Å². The highest BCUT2D eigenvalue weighted by Crippen LogP contribution is 2.40. The molecular weight excluding hydrogens is 318 g/mol. The van der Waals surface area contributed by atoms with Crippen LogP contribution in [-0.2, 0) is 11.3 Å². The van der Waals surface area contributed by atoms with Gasteiger partial charge in [0.1, 0.15) is 5.01 Å². The minimum atomic E-state index is 0.381. The molecule has 1 saturated heterocycles. The van der Waals surface area contributed by atoms with Crippen LogP contribution >= 0.6 is 11.3 Å². The molecule has 4 rings (SSSR count). The van der Waals surface area contributed by atoms with Crippen LogP contribution in [0, 0.1) is 5.92 Å². The molecule has 3 aliphatic rings. The summed E-state index contributed by atoms with van der Waals surface area (Å²) in [7, 11) is 0. The van der Waals surface area contributed by atoms with Gasteiger partial charge in [0.25, 0.3) is 0 Å². The number of rotatable bonds is 6. The lowest BCUT2D eigenvalue weighted by Gasteiger charge is -2.34. The quantitative estimate of drug-likeness (QED) is 0.788. The van der Waals surface area contributed by atoms with E-state index in [0.29, 0.717) is 5.91 Å². The molecule has 0 aromatic carbocycles. The third kappa shape index (κ3) is 4.17. The van der Waals surface area contributed by atoms with E-state index in [1.54, 1.807) is 0 Å². The molecule has 0 N–H and O–H groups in total. The number of carbonyl (C=O) groups excluding carboxylic acids is 1. The number of aromatic nitrogens is 1. The predicted molar refractivity (Wildman–Crippen MR) is 97.1 cm³/mol. The summed E-state index contributed by atoms with van der Waals surface area (Å²) in [5, 5.41) is 3.49. The minimum Gasteiger partial charge on any atom is -0.340 e. The van der Waals surface area contributed by atoms with E-state index in [2.05, 4.69) is 15.2 Å². The second-order valence-corrected chi connectivity index (χ2v) is 8.73. The number of carbonyl (C=O) groups is 1. The average Bonchev–Trinajstić information content (AvgIpc) is 3.13. The third-order valence-electron chi connectivity index (χ3n) is 5.89. The van der Waals surface area contributed by atoms with Crippen molar-refractivity contribution in [2.75, 3.05) is 26.2 Å². The summed E-state index contributed by atoms with van der Waals surface area (Å²) >= 11 is 1.81. The van der Waals surface area contributed by atoms with E-state index in [-0.39, 0.29) is 0 Å². The highest BCUT2D eigenvalue weighted by molar-refractivity contribution is 7.09. The molecule has 24 heavy (non-hydrogen) atoms. The van der Waals surface area contributed by atoms with Crippen molar-refractivity contribution < 1.29 is 4.79 Å². The first-order chi connectivity index (χ1) is 11.8. The van der Waals surface area contributed by atoms with Crippen molar-refractivity contribution in [3.05, 3.63) is 16.1 Å². The van der Waals surface area contributed by atoms with Crippen LogP contribution in [0.15, 0.2) is 5.38 Å². The van der Waals surface area contributed by atoms with Crippen LogP contribution in [0.5, 0.6) is 0 Å². The maximum absolute atomic E-state index is 12.4. The molecule has 0 radical (unpaired) electrons. The normalized spacial score (nSPS) is 23.1. The van der Waals surface area contributed by atoms with Crippen LogP contribution < -0.4 is 0 Å². The number of piperazine rings is 1. The number of hydrogen-bond acceptors (Lipinski definition) is 4. The van der Waals surface area contributed by atoms with Crippen molar-refractivity contribution in [1.29, 1.82) is 0 Å². The van der Waals surface area contributed by atoms with Crippen LogP contribution in [0.1, 0.15) is 68.0 Å². The van der Waals surface area contributed by atoms with Crippen molar-refractivity contribution >= 4 is 17.2 Å². The van der Waals surface area contributed by atoms with Gasteiger partial charge < -0.3 is 4.90 Å². The minimum absolute atomic E-state index is 0.381. The van der Waals surface area contributed by atoms with Gasteiger partial charge >= 0.3 is 0 Å². The van der Waals surface area contributed by atoms with Crippen LogP contribution in [0.2, 0.25) is 0 Å².